The van der Waals surface area contributed by atoms with E-state index in [1.807, 2.05) is 36.4 Å². The number of hydrogen-bond donors (Lipinski definition) is 2. The van der Waals surface area contributed by atoms with Gasteiger partial charge in [0.05, 0.1) is 0 Å². The number of hydrogen-bond acceptors (Lipinski definition) is 3. The van der Waals surface area contributed by atoms with Crippen molar-refractivity contribution in [2.75, 3.05) is 18.1 Å². The van der Waals surface area contributed by atoms with Gasteiger partial charge in [-0.25, -0.2) is 0 Å². The Morgan fingerprint density at radius 2 is 1.29 bits per heavy atom. The maximum Gasteiger partial charge on any atom is 1.00 e. The van der Waals surface area contributed by atoms with Gasteiger partial charge in [-0.2, -0.15) is 0 Å². The summed E-state index contributed by atoms with van der Waals surface area (Å²) in [5, 5.41) is 19.3. The molecule has 2 aromatic rings. The predicted molar refractivity (Wildman–Crippen MR) is 224 cm³/mol. The van der Waals surface area contributed by atoms with Crippen LogP contribution in [-0.4, -0.2) is 113 Å². The van der Waals surface area contributed by atoms with Gasteiger partial charge in [0.25, 0.3) is 0 Å². The van der Waals surface area contributed by atoms with Crippen molar-refractivity contribution in [3.63, 3.8) is 0 Å². The van der Waals surface area contributed by atoms with Crippen LogP contribution in [0.2, 0.25) is 0 Å². The van der Waals surface area contributed by atoms with E-state index in [1.54, 1.807) is 12.1 Å². The van der Waals surface area contributed by atoms with E-state index in [-0.39, 0.29) is 41.1 Å². The molecule has 3 nitrogen and oxygen atoms in total. The predicted octanol–water partition coefficient (Wildman–Crippen LogP) is -2.21. The minimum absolute atomic E-state index is 0. The number of aromatic hydroxyl groups is 2. The van der Waals surface area contributed by atoms with Gasteiger partial charge in [-0.05, 0) is 17.7 Å². The van der Waals surface area contributed by atoms with E-state index in [2.05, 4.69) is 59.4 Å². The van der Waals surface area contributed by atoms with Gasteiger partial charge in [-0.3, -0.25) is 0 Å². The Balaban J connectivity index is 0.0000101. The van der Waals surface area contributed by atoms with E-state index < -0.39 is 0 Å². The fourth-order valence-electron chi connectivity index (χ4n) is 6.22. The van der Waals surface area contributed by atoms with E-state index >= 15 is 0 Å². The molecule has 1 atom stereocenters. The largest absolute Gasteiger partial charge is 1.00 e. The molecular formula is C28H51B12NaO3S. The zero-order valence-electron chi connectivity index (χ0n) is 29.8. The van der Waals surface area contributed by atoms with Crippen molar-refractivity contribution in [2.45, 2.75) is 71.1 Å². The summed E-state index contributed by atoms with van der Waals surface area (Å²) in [5.41, 5.74) is 1.79. The van der Waals surface area contributed by atoms with Gasteiger partial charge in [0.15, 0.2) is 0 Å². The van der Waals surface area contributed by atoms with Crippen LogP contribution < -0.4 is 34.3 Å². The second-order valence-electron chi connectivity index (χ2n) is 13.4. The van der Waals surface area contributed by atoms with Gasteiger partial charge in [-0.15, -0.1) is 0 Å². The minimum Gasteiger partial charge on any atom is 1.00 e. The van der Waals surface area contributed by atoms with E-state index in [4.69, 9.17) is 4.74 Å². The SMILES string of the molecule is [10BH-][10B]([10BH2])[10B]([10B]([10BH2])[10BH2])[10B]([10B]=S(CCCCCCCC)CCCCCCOc1ccc(/C=C/c2cc(O)cc(O)c2)cc1)[10B]([10BH2])[10BH2].[Na+]. The molecule has 0 amide bonds. The fourth-order valence-corrected chi connectivity index (χ4v) is 8.78. The van der Waals surface area contributed by atoms with Crippen LogP contribution in [0.3, 0.4) is 0 Å². The molecule has 224 valence electrons. The van der Waals surface area contributed by atoms with Gasteiger partial charge in [0, 0.05) is 6.07 Å². The van der Waals surface area contributed by atoms with Crippen molar-refractivity contribution >= 4 is 107 Å². The Hall–Kier alpha value is -0.291. The number of rotatable bonds is 22. The number of benzene rings is 2. The first-order chi connectivity index (χ1) is 21.1. The monoisotopic (exact) mass is 611 g/mol. The van der Waals surface area contributed by atoms with Crippen LogP contribution >= 0.6 is 10.3 Å². The maximum absolute atomic E-state index is 9.65. The van der Waals surface area contributed by atoms with Gasteiger partial charge < -0.3 is 10.2 Å². The first-order valence-electron chi connectivity index (χ1n) is 17.4. The van der Waals surface area contributed by atoms with Crippen LogP contribution in [0, 0.1) is 0 Å². The molecule has 0 bridgehead atoms. The molecule has 0 spiro atoms. The van der Waals surface area contributed by atoms with E-state index in [0.29, 0.717) is 42.2 Å². The second-order valence-corrected chi connectivity index (χ2v) is 15.6. The third-order valence-electron chi connectivity index (χ3n) is 8.59. The van der Waals surface area contributed by atoms with Crippen molar-refractivity contribution < 1.29 is 44.5 Å². The number of phenols is 2. The van der Waals surface area contributed by atoms with Crippen molar-refractivity contribution in [1.82, 2.24) is 0 Å². The number of ether oxygens (including phenoxy) is 1. The van der Waals surface area contributed by atoms with Crippen LogP contribution in [0.5, 0.6) is 17.2 Å². The Labute approximate surface area is 309 Å². The van der Waals surface area contributed by atoms with Crippen LogP contribution in [0.1, 0.15) is 82.3 Å². The first kappa shape index (κ1) is 42.7. The van der Waals surface area contributed by atoms with E-state index in [1.165, 1.54) is 75.4 Å². The van der Waals surface area contributed by atoms with Crippen LogP contribution in [-0.2, 0) is 0 Å². The van der Waals surface area contributed by atoms with Crippen LogP contribution in [0.15, 0.2) is 42.5 Å². The topological polar surface area (TPSA) is 49.7 Å². The molecule has 2 rings (SSSR count). The molecule has 2 radical (unpaired) electrons. The molecule has 0 saturated carbocycles. The summed E-state index contributed by atoms with van der Waals surface area (Å²) < 4.78 is 6.03. The molecule has 0 aromatic heterocycles. The number of unbranched alkanes of at least 4 members (excludes halogenated alkanes) is 8. The fraction of sp³-hybridized carbons (Fsp3) is 0.500. The molecule has 0 aliphatic rings. The zero-order valence-corrected chi connectivity index (χ0v) is 32.6. The molecule has 0 aliphatic carbocycles. The summed E-state index contributed by atoms with van der Waals surface area (Å²) >= 11 is 0. The van der Waals surface area contributed by atoms with E-state index in [0.717, 1.165) is 29.9 Å². The third-order valence-corrected chi connectivity index (χ3v) is 10.9. The summed E-state index contributed by atoms with van der Waals surface area (Å²) in [5.74, 6) is 3.72. The molecule has 1 unspecified atom stereocenters. The van der Waals surface area contributed by atoms with E-state index in [9.17, 15) is 10.2 Å². The molecule has 2 N–H and O–H groups in total. The summed E-state index contributed by atoms with van der Waals surface area (Å²) in [6, 6.07) is 15.4. The van der Waals surface area contributed by atoms with Crippen molar-refractivity contribution in [1.29, 1.82) is 0 Å². The standard InChI is InChI=1S/C28H51B12O3S.Na/c1-2-3-4-5-7-10-19-44(35-39(36(29)30)40(37(31)32)38(33)34)20-11-8-6-9-18-43-28-16-14-24(15-17-28)12-13-25-21-26(41)23-27(42)22-25;/h12-17,21-23,31,41-42H,2-11,18-20,29-30,32-34H2,1H3;/q-1;+1/b13-12+;/i29-1,30-1,31-1,32-1,33-1,34-1,35-1,36-1,37-1,38-1,39-1,40-1;. The molecule has 0 aliphatic heterocycles. The quantitative estimate of drug-likeness (QED) is 0.0904. The number of phenolic OH excluding ortho intramolecular Hbond substituents is 2. The van der Waals surface area contributed by atoms with Gasteiger partial charge in [0.1, 0.15) is 11.5 Å². The minimum atomic E-state index is 0. The van der Waals surface area contributed by atoms with Crippen molar-refractivity contribution in [3.05, 3.63) is 53.6 Å². The van der Waals surface area contributed by atoms with Crippen LogP contribution in [0.25, 0.3) is 12.2 Å². The molecule has 2 aromatic carbocycles. The van der Waals surface area contributed by atoms with Gasteiger partial charge >= 0.3 is 254 Å². The average molecular weight is 611 g/mol. The summed E-state index contributed by atoms with van der Waals surface area (Å²) in [6.07, 6.45) is 20.1. The smallest absolute Gasteiger partial charge is 1.00 e. The molecule has 17 heteroatoms. The third kappa shape index (κ3) is 18.2. The molecule has 45 heavy (non-hydrogen) atoms. The summed E-state index contributed by atoms with van der Waals surface area (Å²) in [7, 11) is 16.8. The molecule has 0 saturated heterocycles. The Morgan fingerprint density at radius 1 is 0.756 bits per heavy atom. The first-order valence-corrected chi connectivity index (χ1v) is 19.0. The molecular weight excluding hydrogens is 560 g/mol. The second kappa shape index (κ2) is 24.8. The maximum atomic E-state index is 9.65. The normalized spacial score (nSPS) is 11.4. The summed E-state index contributed by atoms with van der Waals surface area (Å²) in [4.78, 5) is 0. The molecule has 0 heterocycles. The van der Waals surface area contributed by atoms with Crippen molar-refractivity contribution in [3.8, 4) is 17.2 Å². The summed E-state index contributed by atoms with van der Waals surface area (Å²) in [6.45, 7) is 3.05. The molecule has 0 fully saturated rings. The van der Waals surface area contributed by atoms with Gasteiger partial charge in [-0.1, -0.05) is 12.2 Å². The van der Waals surface area contributed by atoms with Crippen LogP contribution in [0.4, 0.5) is 0 Å². The Morgan fingerprint density at radius 3 is 1.82 bits per heavy atom. The average Bonchev–Trinajstić information content (AvgIpc) is 2.96. The Kier molecular flexibility index (Phi) is 23.5. The van der Waals surface area contributed by atoms with Gasteiger partial charge in [0.2, 0.25) is 0 Å². The Bertz CT molecular complexity index is 1110. The van der Waals surface area contributed by atoms with Crippen molar-refractivity contribution in [2.24, 2.45) is 0 Å². The zero-order chi connectivity index (χ0) is 32.3.